The maximum Gasteiger partial charge on any atom is 0.123 e. The van der Waals surface area contributed by atoms with Crippen LogP contribution in [0.3, 0.4) is 0 Å². The molecule has 1 heterocycles. The molecule has 0 saturated carbocycles. The van der Waals surface area contributed by atoms with Crippen LogP contribution in [0.4, 0.5) is 0 Å². The van der Waals surface area contributed by atoms with Gasteiger partial charge in [0, 0.05) is 12.1 Å². The van der Waals surface area contributed by atoms with Gasteiger partial charge in [0.25, 0.3) is 0 Å². The van der Waals surface area contributed by atoms with Crippen LogP contribution in [0.1, 0.15) is 30.9 Å². The van der Waals surface area contributed by atoms with Crippen molar-refractivity contribution in [1.82, 2.24) is 4.90 Å². The van der Waals surface area contributed by atoms with Crippen LogP contribution in [-0.2, 0) is 6.54 Å². The standard InChI is InChI=1S/C15H20N2O/c1-12-5-7-17(8-6-12)11-14-9-13(10-16)3-4-15(14)18-2/h3-4,9,12H,5-8,11H2,1-2H3. The molecule has 0 unspecified atom stereocenters. The van der Waals surface area contributed by atoms with Gasteiger partial charge in [-0.2, -0.15) is 5.26 Å². The first-order chi connectivity index (χ1) is 8.72. The summed E-state index contributed by atoms with van der Waals surface area (Å²) in [5.74, 6) is 1.72. The molecule has 3 heteroatoms. The molecule has 0 radical (unpaired) electrons. The Morgan fingerprint density at radius 2 is 2.11 bits per heavy atom. The second-order valence-electron chi connectivity index (χ2n) is 5.10. The molecular weight excluding hydrogens is 224 g/mol. The predicted octanol–water partition coefficient (Wildman–Crippen LogP) is 2.80. The second kappa shape index (κ2) is 5.88. The lowest BCUT2D eigenvalue weighted by atomic mass is 9.98. The fraction of sp³-hybridized carbons (Fsp3) is 0.533. The highest BCUT2D eigenvalue weighted by atomic mass is 16.5. The summed E-state index contributed by atoms with van der Waals surface area (Å²) >= 11 is 0. The summed E-state index contributed by atoms with van der Waals surface area (Å²) in [6.45, 7) is 5.47. The Labute approximate surface area is 109 Å². The Kier molecular flexibility index (Phi) is 4.22. The maximum atomic E-state index is 8.96. The van der Waals surface area contributed by atoms with Crippen LogP contribution in [0.25, 0.3) is 0 Å². The van der Waals surface area contributed by atoms with E-state index in [4.69, 9.17) is 10.00 Å². The Balaban J connectivity index is 2.10. The Morgan fingerprint density at radius 3 is 2.72 bits per heavy atom. The van der Waals surface area contributed by atoms with Crippen molar-refractivity contribution in [3.8, 4) is 11.8 Å². The minimum Gasteiger partial charge on any atom is -0.496 e. The van der Waals surface area contributed by atoms with Crippen LogP contribution in [-0.4, -0.2) is 25.1 Å². The number of methoxy groups -OCH3 is 1. The van der Waals surface area contributed by atoms with Crippen molar-refractivity contribution in [1.29, 1.82) is 5.26 Å². The summed E-state index contributed by atoms with van der Waals surface area (Å²) in [6.07, 6.45) is 2.53. The molecule has 1 aliphatic rings. The van der Waals surface area contributed by atoms with E-state index in [0.717, 1.165) is 36.9 Å². The fourth-order valence-corrected chi connectivity index (χ4v) is 2.43. The molecule has 0 N–H and O–H groups in total. The molecule has 96 valence electrons. The second-order valence-corrected chi connectivity index (χ2v) is 5.10. The molecule has 2 rings (SSSR count). The van der Waals surface area contributed by atoms with Crippen LogP contribution in [0.5, 0.6) is 5.75 Å². The van der Waals surface area contributed by atoms with Crippen molar-refractivity contribution >= 4 is 0 Å². The van der Waals surface area contributed by atoms with E-state index in [-0.39, 0.29) is 0 Å². The van der Waals surface area contributed by atoms with E-state index in [1.54, 1.807) is 13.2 Å². The number of nitrogens with zero attached hydrogens (tertiary/aromatic N) is 2. The number of benzene rings is 1. The Morgan fingerprint density at radius 1 is 1.39 bits per heavy atom. The predicted molar refractivity (Wildman–Crippen MR) is 71.4 cm³/mol. The third kappa shape index (κ3) is 3.02. The van der Waals surface area contributed by atoms with Gasteiger partial charge >= 0.3 is 0 Å². The molecule has 0 bridgehead atoms. The lowest BCUT2D eigenvalue weighted by Gasteiger charge is -2.30. The van der Waals surface area contributed by atoms with E-state index in [2.05, 4.69) is 17.9 Å². The van der Waals surface area contributed by atoms with Crippen LogP contribution in [0, 0.1) is 17.2 Å². The zero-order valence-corrected chi connectivity index (χ0v) is 11.1. The minimum absolute atomic E-state index is 0.705. The largest absolute Gasteiger partial charge is 0.496 e. The van der Waals surface area contributed by atoms with E-state index < -0.39 is 0 Å². The molecule has 0 aromatic heterocycles. The maximum absolute atomic E-state index is 8.96. The van der Waals surface area contributed by atoms with E-state index >= 15 is 0 Å². The van der Waals surface area contributed by atoms with Gasteiger partial charge < -0.3 is 4.74 Å². The average Bonchev–Trinajstić information content (AvgIpc) is 2.41. The van der Waals surface area contributed by atoms with Crippen LogP contribution in [0.15, 0.2) is 18.2 Å². The minimum atomic E-state index is 0.705. The van der Waals surface area contributed by atoms with Crippen LogP contribution >= 0.6 is 0 Å². The topological polar surface area (TPSA) is 36.3 Å². The Hall–Kier alpha value is -1.53. The van der Waals surface area contributed by atoms with Crippen LogP contribution < -0.4 is 4.74 Å². The summed E-state index contributed by atoms with van der Waals surface area (Å²) in [6, 6.07) is 7.83. The van der Waals surface area contributed by atoms with Crippen molar-refractivity contribution in [2.75, 3.05) is 20.2 Å². The molecule has 0 atom stereocenters. The summed E-state index contributed by atoms with van der Waals surface area (Å²) in [5.41, 5.74) is 1.82. The molecular formula is C15H20N2O. The van der Waals surface area contributed by atoms with Gasteiger partial charge in [-0.15, -0.1) is 0 Å². The molecule has 1 aliphatic heterocycles. The number of hydrogen-bond donors (Lipinski definition) is 0. The summed E-state index contributed by atoms with van der Waals surface area (Å²) in [7, 11) is 1.68. The highest BCUT2D eigenvalue weighted by molar-refractivity contribution is 5.42. The number of ether oxygens (including phenoxy) is 1. The van der Waals surface area contributed by atoms with Crippen molar-refractivity contribution in [2.24, 2.45) is 5.92 Å². The third-order valence-electron chi connectivity index (χ3n) is 3.68. The van der Waals surface area contributed by atoms with Gasteiger partial charge in [0.15, 0.2) is 0 Å². The molecule has 0 aliphatic carbocycles. The molecule has 1 saturated heterocycles. The van der Waals surface area contributed by atoms with Gasteiger partial charge in [-0.1, -0.05) is 6.92 Å². The van der Waals surface area contributed by atoms with E-state index in [9.17, 15) is 0 Å². The molecule has 18 heavy (non-hydrogen) atoms. The number of nitriles is 1. The number of hydrogen-bond acceptors (Lipinski definition) is 3. The summed E-state index contributed by atoms with van der Waals surface area (Å²) < 4.78 is 5.37. The van der Waals surface area contributed by atoms with Gasteiger partial charge in [0.2, 0.25) is 0 Å². The molecule has 3 nitrogen and oxygen atoms in total. The van der Waals surface area contributed by atoms with Crippen LogP contribution in [0.2, 0.25) is 0 Å². The quantitative estimate of drug-likeness (QED) is 0.820. The molecule has 1 aromatic carbocycles. The number of rotatable bonds is 3. The summed E-state index contributed by atoms with van der Waals surface area (Å²) in [4.78, 5) is 2.44. The molecule has 1 fully saturated rings. The van der Waals surface area contributed by atoms with E-state index in [1.807, 2.05) is 12.1 Å². The Bertz CT molecular complexity index is 442. The number of likely N-dealkylation sites (tertiary alicyclic amines) is 1. The highest BCUT2D eigenvalue weighted by Gasteiger charge is 2.17. The monoisotopic (exact) mass is 244 g/mol. The van der Waals surface area contributed by atoms with Gasteiger partial charge in [-0.3, -0.25) is 4.90 Å². The first kappa shape index (κ1) is 12.9. The van der Waals surface area contributed by atoms with Crippen molar-refractivity contribution in [3.05, 3.63) is 29.3 Å². The molecule has 0 amide bonds. The average molecular weight is 244 g/mol. The van der Waals surface area contributed by atoms with Gasteiger partial charge in [0.05, 0.1) is 18.7 Å². The molecule has 0 spiro atoms. The first-order valence-electron chi connectivity index (χ1n) is 6.52. The fourth-order valence-electron chi connectivity index (χ4n) is 2.43. The van der Waals surface area contributed by atoms with Gasteiger partial charge in [-0.05, 0) is 50.0 Å². The lowest BCUT2D eigenvalue weighted by molar-refractivity contribution is 0.183. The smallest absolute Gasteiger partial charge is 0.123 e. The lowest BCUT2D eigenvalue weighted by Crippen LogP contribution is -2.32. The number of piperidine rings is 1. The summed E-state index contributed by atoms with van der Waals surface area (Å²) in [5, 5.41) is 8.96. The zero-order chi connectivity index (χ0) is 13.0. The van der Waals surface area contributed by atoms with E-state index in [1.165, 1.54) is 12.8 Å². The first-order valence-corrected chi connectivity index (χ1v) is 6.52. The van der Waals surface area contributed by atoms with Gasteiger partial charge in [-0.25, -0.2) is 0 Å². The van der Waals surface area contributed by atoms with Gasteiger partial charge in [0.1, 0.15) is 5.75 Å². The van der Waals surface area contributed by atoms with E-state index in [0.29, 0.717) is 5.56 Å². The van der Waals surface area contributed by atoms with Crippen molar-refractivity contribution in [3.63, 3.8) is 0 Å². The SMILES string of the molecule is COc1ccc(C#N)cc1CN1CCC(C)CC1. The third-order valence-corrected chi connectivity index (χ3v) is 3.68. The normalized spacial score (nSPS) is 17.4. The zero-order valence-electron chi connectivity index (χ0n) is 11.1. The van der Waals surface area contributed by atoms with Crippen molar-refractivity contribution in [2.45, 2.75) is 26.3 Å². The highest BCUT2D eigenvalue weighted by Crippen LogP contribution is 2.24. The molecule has 1 aromatic rings. The van der Waals surface area contributed by atoms with Crippen molar-refractivity contribution < 1.29 is 4.74 Å².